The molecule has 0 saturated carbocycles. The molecule has 36 heavy (non-hydrogen) atoms. The first-order chi connectivity index (χ1) is 17.5. The van der Waals surface area contributed by atoms with Crippen LogP contribution in [0.4, 0.5) is 4.39 Å². The minimum atomic E-state index is -0.307. The molecule has 4 nitrogen and oxygen atoms in total. The summed E-state index contributed by atoms with van der Waals surface area (Å²) in [7, 11) is 1.81. The maximum Gasteiger partial charge on any atom is 0.228 e. The molecule has 0 atom stereocenters. The SMILES string of the molecule is Cc1ccc2c(oc3nc(C#N)c(-c4ccc(-c5ccccc5)cc4)cc32)c1-c1ccc(F)c[n+]1C. The summed E-state index contributed by atoms with van der Waals surface area (Å²) in [5, 5.41) is 11.6. The van der Waals surface area contributed by atoms with Crippen molar-refractivity contribution < 1.29 is 13.4 Å². The molecule has 0 spiro atoms. The number of hydrogen-bond donors (Lipinski definition) is 0. The van der Waals surface area contributed by atoms with E-state index in [4.69, 9.17) is 4.42 Å². The fraction of sp³-hybridized carbons (Fsp3) is 0.0645. The Bertz CT molecular complexity index is 1810. The summed E-state index contributed by atoms with van der Waals surface area (Å²) in [4.78, 5) is 4.59. The quantitative estimate of drug-likeness (QED) is 0.259. The fourth-order valence-corrected chi connectivity index (χ4v) is 4.79. The molecule has 6 aromatic rings. The molecule has 0 aliphatic heterocycles. The minimum absolute atomic E-state index is 0.305. The summed E-state index contributed by atoms with van der Waals surface area (Å²) in [5.74, 6) is -0.307. The first kappa shape index (κ1) is 21.7. The summed E-state index contributed by atoms with van der Waals surface area (Å²) in [6, 6.07) is 29.8. The summed E-state index contributed by atoms with van der Waals surface area (Å²) in [6.45, 7) is 2.00. The topological polar surface area (TPSA) is 53.7 Å². The van der Waals surface area contributed by atoms with E-state index in [-0.39, 0.29) is 5.82 Å². The van der Waals surface area contributed by atoms with Gasteiger partial charge >= 0.3 is 0 Å². The van der Waals surface area contributed by atoms with E-state index in [1.165, 1.54) is 12.3 Å². The Morgan fingerprint density at radius 2 is 1.58 bits per heavy atom. The Morgan fingerprint density at radius 1 is 0.861 bits per heavy atom. The zero-order chi connectivity index (χ0) is 24.8. The van der Waals surface area contributed by atoms with Crippen LogP contribution in [0.1, 0.15) is 11.3 Å². The van der Waals surface area contributed by atoms with Crippen LogP contribution in [-0.2, 0) is 7.05 Å². The van der Waals surface area contributed by atoms with E-state index in [1.807, 2.05) is 62.5 Å². The van der Waals surface area contributed by atoms with Gasteiger partial charge in [-0.15, -0.1) is 0 Å². The molecule has 3 heterocycles. The maximum absolute atomic E-state index is 13.8. The van der Waals surface area contributed by atoms with Crippen molar-refractivity contribution >= 4 is 22.1 Å². The monoisotopic (exact) mass is 470 g/mol. The smallest absolute Gasteiger partial charge is 0.228 e. The Hall–Kier alpha value is -4.82. The Balaban J connectivity index is 1.54. The average molecular weight is 471 g/mol. The van der Waals surface area contributed by atoms with Crippen molar-refractivity contribution in [1.82, 2.24) is 4.98 Å². The van der Waals surface area contributed by atoms with E-state index in [0.717, 1.165) is 49.8 Å². The third-order valence-electron chi connectivity index (χ3n) is 6.60. The standard InChI is InChI=1S/C31H21FN3O/c1-19-8-14-24-26-16-25(22-11-9-21(10-12-22)20-6-4-3-5-7-20)27(17-33)34-31(26)36-30(24)29(19)28-15-13-23(32)18-35(28)2/h3-16,18H,1-2H3/q+1. The molecule has 0 unspecified atom stereocenters. The molecule has 0 aliphatic rings. The van der Waals surface area contributed by atoms with Crippen molar-refractivity contribution in [3.05, 3.63) is 108 Å². The molecule has 0 fully saturated rings. The van der Waals surface area contributed by atoms with E-state index in [0.29, 0.717) is 17.0 Å². The molecular formula is C31H21FN3O+. The van der Waals surface area contributed by atoms with Crippen LogP contribution in [0.5, 0.6) is 0 Å². The van der Waals surface area contributed by atoms with Crippen LogP contribution in [-0.4, -0.2) is 4.98 Å². The average Bonchev–Trinajstić information content (AvgIpc) is 3.26. The summed E-state index contributed by atoms with van der Waals surface area (Å²) < 4.78 is 21.8. The molecule has 0 radical (unpaired) electrons. The maximum atomic E-state index is 13.8. The highest BCUT2D eigenvalue weighted by Crippen LogP contribution is 2.38. The molecule has 3 aromatic heterocycles. The van der Waals surface area contributed by atoms with Crippen molar-refractivity contribution in [1.29, 1.82) is 5.26 Å². The van der Waals surface area contributed by atoms with Crippen LogP contribution in [0.25, 0.3) is 55.6 Å². The van der Waals surface area contributed by atoms with Crippen LogP contribution in [0, 0.1) is 24.1 Å². The lowest BCUT2D eigenvalue weighted by Gasteiger charge is -2.07. The number of benzene rings is 3. The minimum Gasteiger partial charge on any atom is -0.437 e. The molecule has 172 valence electrons. The largest absolute Gasteiger partial charge is 0.437 e. The van der Waals surface area contributed by atoms with Gasteiger partial charge < -0.3 is 4.42 Å². The Kier molecular flexibility index (Phi) is 5.09. The van der Waals surface area contributed by atoms with E-state index < -0.39 is 0 Å². The number of halogens is 1. The molecule has 0 bridgehead atoms. The van der Waals surface area contributed by atoms with E-state index in [1.54, 1.807) is 10.6 Å². The lowest BCUT2D eigenvalue weighted by Crippen LogP contribution is -2.31. The van der Waals surface area contributed by atoms with Gasteiger partial charge in [-0.05, 0) is 41.3 Å². The summed E-state index contributed by atoms with van der Waals surface area (Å²) in [5.41, 5.74) is 7.98. The van der Waals surface area contributed by atoms with Gasteiger partial charge in [0.15, 0.2) is 17.1 Å². The third kappa shape index (κ3) is 3.52. The molecule has 0 saturated heterocycles. The van der Waals surface area contributed by atoms with Crippen LogP contribution < -0.4 is 4.57 Å². The lowest BCUT2D eigenvalue weighted by molar-refractivity contribution is -0.661. The summed E-state index contributed by atoms with van der Waals surface area (Å²) in [6.07, 6.45) is 1.44. The number of aromatic nitrogens is 2. The zero-order valence-electron chi connectivity index (χ0n) is 19.8. The van der Waals surface area contributed by atoms with Gasteiger partial charge in [0.1, 0.15) is 13.1 Å². The number of pyridine rings is 2. The number of hydrogen-bond acceptors (Lipinski definition) is 3. The van der Waals surface area contributed by atoms with Crippen molar-refractivity contribution in [3.63, 3.8) is 0 Å². The van der Waals surface area contributed by atoms with Crippen LogP contribution in [0.15, 0.2) is 95.5 Å². The van der Waals surface area contributed by atoms with Gasteiger partial charge in [-0.1, -0.05) is 66.7 Å². The first-order valence-corrected chi connectivity index (χ1v) is 11.6. The van der Waals surface area contributed by atoms with Crippen molar-refractivity contribution in [2.45, 2.75) is 6.92 Å². The molecule has 3 aromatic carbocycles. The zero-order valence-corrected chi connectivity index (χ0v) is 19.8. The second kappa shape index (κ2) is 8.44. The van der Waals surface area contributed by atoms with Crippen LogP contribution in [0.2, 0.25) is 0 Å². The summed E-state index contributed by atoms with van der Waals surface area (Å²) >= 11 is 0. The van der Waals surface area contributed by atoms with Gasteiger partial charge in [-0.25, -0.2) is 9.37 Å². The van der Waals surface area contributed by atoms with Crippen molar-refractivity contribution in [3.8, 4) is 39.6 Å². The van der Waals surface area contributed by atoms with Gasteiger partial charge in [0.05, 0.1) is 5.56 Å². The molecular weight excluding hydrogens is 449 g/mol. The van der Waals surface area contributed by atoms with Gasteiger partial charge in [-0.3, -0.25) is 0 Å². The van der Waals surface area contributed by atoms with Gasteiger partial charge in [0.2, 0.25) is 17.6 Å². The van der Waals surface area contributed by atoms with Crippen molar-refractivity contribution in [2.24, 2.45) is 7.05 Å². The first-order valence-electron chi connectivity index (χ1n) is 11.6. The predicted molar refractivity (Wildman–Crippen MR) is 138 cm³/mol. The normalized spacial score (nSPS) is 11.2. The number of nitrogens with zero attached hydrogens (tertiary/aromatic N) is 3. The predicted octanol–water partition coefficient (Wildman–Crippen LogP) is 7.13. The number of rotatable bonds is 3. The highest BCUT2D eigenvalue weighted by Gasteiger charge is 2.22. The van der Waals surface area contributed by atoms with E-state index >= 15 is 0 Å². The highest BCUT2D eigenvalue weighted by atomic mass is 19.1. The van der Waals surface area contributed by atoms with Crippen LogP contribution >= 0.6 is 0 Å². The molecule has 6 rings (SSSR count). The van der Waals surface area contributed by atoms with Gasteiger partial charge in [0.25, 0.3) is 0 Å². The molecule has 0 N–H and O–H groups in total. The van der Waals surface area contributed by atoms with Crippen LogP contribution in [0.3, 0.4) is 0 Å². The lowest BCUT2D eigenvalue weighted by atomic mass is 9.97. The van der Waals surface area contributed by atoms with Gasteiger partial charge in [-0.2, -0.15) is 9.83 Å². The number of furan rings is 1. The Labute approximate surface area is 207 Å². The highest BCUT2D eigenvalue weighted by molar-refractivity contribution is 6.10. The molecule has 5 heteroatoms. The number of fused-ring (bicyclic) bond motifs is 3. The van der Waals surface area contributed by atoms with E-state index in [2.05, 4.69) is 35.3 Å². The molecule has 0 amide bonds. The second-order valence-electron chi connectivity index (χ2n) is 8.87. The second-order valence-corrected chi connectivity index (χ2v) is 8.87. The molecule has 0 aliphatic carbocycles. The third-order valence-corrected chi connectivity index (χ3v) is 6.60. The Morgan fingerprint density at radius 3 is 2.31 bits per heavy atom. The number of nitriles is 1. The fourth-order valence-electron chi connectivity index (χ4n) is 4.79. The van der Waals surface area contributed by atoms with E-state index in [9.17, 15) is 9.65 Å². The van der Waals surface area contributed by atoms with Crippen molar-refractivity contribution in [2.75, 3.05) is 0 Å². The van der Waals surface area contributed by atoms with Gasteiger partial charge in [0, 0.05) is 22.4 Å². The number of aryl methyl sites for hydroxylation is 2.